The summed E-state index contributed by atoms with van der Waals surface area (Å²) in [5.41, 5.74) is 0. The van der Waals surface area contributed by atoms with E-state index in [0.717, 1.165) is 32.1 Å². The highest BCUT2D eigenvalue weighted by atomic mass is 16.7. The van der Waals surface area contributed by atoms with E-state index in [2.05, 4.69) is 49.5 Å². The summed E-state index contributed by atoms with van der Waals surface area (Å²) in [4.78, 5) is 13.0. The van der Waals surface area contributed by atoms with Crippen molar-refractivity contribution in [3.63, 3.8) is 0 Å². The van der Waals surface area contributed by atoms with Crippen LogP contribution in [-0.4, -0.2) is 98.7 Å². The van der Waals surface area contributed by atoms with Gasteiger partial charge in [0, 0.05) is 0 Å². The van der Waals surface area contributed by atoms with E-state index in [9.17, 15) is 35.4 Å². The molecule has 0 saturated carbocycles. The summed E-state index contributed by atoms with van der Waals surface area (Å²) in [7, 11) is 0. The molecular weight excluding hydrogens is 735 g/mol. The van der Waals surface area contributed by atoms with Crippen molar-refractivity contribution in [3.8, 4) is 0 Å². The summed E-state index contributed by atoms with van der Waals surface area (Å²) in [5, 5.41) is 64.6. The van der Waals surface area contributed by atoms with Crippen LogP contribution in [0.25, 0.3) is 0 Å². The molecule has 10 heteroatoms. The molecule has 58 heavy (non-hydrogen) atoms. The first-order valence-corrected chi connectivity index (χ1v) is 23.5. The van der Waals surface area contributed by atoms with Crippen molar-refractivity contribution in [2.75, 3.05) is 13.2 Å². The zero-order valence-electron chi connectivity index (χ0n) is 36.7. The molecule has 8 atom stereocenters. The topological polar surface area (TPSA) is 169 Å². The lowest BCUT2D eigenvalue weighted by Crippen LogP contribution is -2.60. The van der Waals surface area contributed by atoms with Gasteiger partial charge in [0.05, 0.1) is 25.4 Å². The Hall–Kier alpha value is -1.89. The molecule has 1 saturated heterocycles. The molecular formula is C48H87NO9. The Balaban J connectivity index is 2.40. The molecule has 0 spiro atoms. The molecule has 0 bridgehead atoms. The molecule has 0 aromatic heterocycles. The highest BCUT2D eigenvalue weighted by Gasteiger charge is 2.44. The van der Waals surface area contributed by atoms with E-state index in [4.69, 9.17) is 9.47 Å². The number of amides is 1. The van der Waals surface area contributed by atoms with Crippen LogP contribution in [0, 0.1) is 0 Å². The predicted octanol–water partition coefficient (Wildman–Crippen LogP) is 8.81. The highest BCUT2D eigenvalue weighted by Crippen LogP contribution is 2.22. The molecule has 338 valence electrons. The number of unbranched alkanes of at least 4 members (excludes halogenated alkanes) is 22. The molecule has 10 nitrogen and oxygen atoms in total. The fourth-order valence-corrected chi connectivity index (χ4v) is 7.11. The van der Waals surface area contributed by atoms with Crippen molar-refractivity contribution in [2.45, 2.75) is 236 Å². The summed E-state index contributed by atoms with van der Waals surface area (Å²) in [6.45, 7) is 3.54. The van der Waals surface area contributed by atoms with Gasteiger partial charge in [-0.3, -0.25) is 4.79 Å². The standard InChI is InChI=1S/C48H87NO9/c1-3-5-7-9-11-13-15-17-18-19-20-21-22-23-25-27-29-31-33-35-37-42(52)47(56)49-40(39-57-48-46(55)45(54)44(53)43(38-50)58-48)41(51)36-34-32-30-28-26-24-16-14-12-10-8-6-4-2/h16-18,24,26,28,34,36,40-46,48,50-55H,3-15,19-23,25,27,29-33,35,37-39H2,1-2H3,(H,49,56)/b18-17-,24-16+,28-26+,36-34+/t40-,41+,42+,43+,44+,45-,46+,48+/m0/s1. The summed E-state index contributed by atoms with van der Waals surface area (Å²) < 4.78 is 11.1. The first-order chi connectivity index (χ1) is 28.3. The number of allylic oxidation sites excluding steroid dienone is 7. The van der Waals surface area contributed by atoms with Crippen LogP contribution in [0.5, 0.6) is 0 Å². The average Bonchev–Trinajstić information content (AvgIpc) is 3.22. The number of carbonyl (C=O) groups excluding carboxylic acids is 1. The molecule has 0 radical (unpaired) electrons. The normalized spacial score (nSPS) is 21.8. The maximum Gasteiger partial charge on any atom is 0.249 e. The van der Waals surface area contributed by atoms with Crippen molar-refractivity contribution < 1.29 is 44.9 Å². The fraction of sp³-hybridized carbons (Fsp3) is 0.812. The Morgan fingerprint density at radius 1 is 0.603 bits per heavy atom. The zero-order chi connectivity index (χ0) is 42.5. The number of nitrogens with one attached hydrogen (secondary N) is 1. The number of aliphatic hydroxyl groups excluding tert-OH is 6. The van der Waals surface area contributed by atoms with Crippen molar-refractivity contribution >= 4 is 5.91 Å². The first-order valence-electron chi connectivity index (χ1n) is 23.5. The number of carbonyl (C=O) groups is 1. The molecule has 7 N–H and O–H groups in total. The van der Waals surface area contributed by atoms with Gasteiger partial charge in [0.15, 0.2) is 6.29 Å². The second kappa shape index (κ2) is 38.1. The van der Waals surface area contributed by atoms with E-state index in [1.165, 1.54) is 122 Å². The van der Waals surface area contributed by atoms with Gasteiger partial charge in [0.25, 0.3) is 0 Å². The van der Waals surface area contributed by atoms with Gasteiger partial charge in [0.1, 0.15) is 30.5 Å². The van der Waals surface area contributed by atoms with Crippen LogP contribution in [0.3, 0.4) is 0 Å². The molecule has 1 aliphatic heterocycles. The van der Waals surface area contributed by atoms with Gasteiger partial charge in [-0.25, -0.2) is 0 Å². The molecule has 0 aromatic rings. The van der Waals surface area contributed by atoms with Crippen LogP contribution in [-0.2, 0) is 14.3 Å². The Morgan fingerprint density at radius 2 is 1.07 bits per heavy atom. The largest absolute Gasteiger partial charge is 0.394 e. The summed E-state index contributed by atoms with van der Waals surface area (Å²) in [5.74, 6) is -0.636. The van der Waals surface area contributed by atoms with Gasteiger partial charge >= 0.3 is 0 Å². The molecule has 0 aromatic carbocycles. The van der Waals surface area contributed by atoms with Gasteiger partial charge in [0.2, 0.25) is 5.91 Å². The average molecular weight is 822 g/mol. The van der Waals surface area contributed by atoms with E-state index in [0.29, 0.717) is 19.3 Å². The van der Waals surface area contributed by atoms with Crippen LogP contribution in [0.2, 0.25) is 0 Å². The van der Waals surface area contributed by atoms with E-state index in [1.54, 1.807) is 6.08 Å². The quantitative estimate of drug-likeness (QED) is 0.0183. The molecule has 0 aliphatic carbocycles. The molecule has 1 heterocycles. The maximum absolute atomic E-state index is 13.0. The minimum Gasteiger partial charge on any atom is -0.394 e. The SMILES string of the molecule is CCCCCCC/C=C/C=C/CC/C=C/[C@@H](O)[C@H](CO[C@@H]1O[C@H](CO)[C@@H](O)[C@H](O)[C@H]1O)NC(=O)[C@H](O)CCCCCCCCCCCC/C=C\CCCCCCCC. The lowest BCUT2D eigenvalue weighted by Gasteiger charge is -2.40. The molecule has 1 fully saturated rings. The third-order valence-electron chi connectivity index (χ3n) is 11.0. The van der Waals surface area contributed by atoms with Crippen molar-refractivity contribution in [1.82, 2.24) is 5.32 Å². The van der Waals surface area contributed by atoms with Crippen molar-refractivity contribution in [3.05, 3.63) is 48.6 Å². The number of ether oxygens (including phenoxy) is 2. The lowest BCUT2D eigenvalue weighted by molar-refractivity contribution is -0.302. The van der Waals surface area contributed by atoms with Crippen molar-refractivity contribution in [2.24, 2.45) is 0 Å². The first kappa shape index (κ1) is 54.1. The monoisotopic (exact) mass is 822 g/mol. The lowest BCUT2D eigenvalue weighted by atomic mass is 9.99. The number of hydrogen-bond acceptors (Lipinski definition) is 9. The van der Waals surface area contributed by atoms with Gasteiger partial charge in [-0.1, -0.05) is 178 Å². The molecule has 0 unspecified atom stereocenters. The molecule has 1 amide bonds. The van der Waals surface area contributed by atoms with E-state index >= 15 is 0 Å². The number of aliphatic hydroxyl groups is 6. The van der Waals surface area contributed by atoms with Crippen LogP contribution in [0.4, 0.5) is 0 Å². The fourth-order valence-electron chi connectivity index (χ4n) is 7.11. The minimum absolute atomic E-state index is 0.297. The second-order valence-electron chi connectivity index (χ2n) is 16.4. The Kier molecular flexibility index (Phi) is 35.5. The molecule has 1 aliphatic rings. The smallest absolute Gasteiger partial charge is 0.249 e. The highest BCUT2D eigenvalue weighted by molar-refractivity contribution is 5.80. The van der Waals surface area contributed by atoms with Gasteiger partial charge in [-0.2, -0.15) is 0 Å². The van der Waals surface area contributed by atoms with Gasteiger partial charge < -0.3 is 45.4 Å². The third kappa shape index (κ3) is 27.8. The van der Waals surface area contributed by atoms with Crippen molar-refractivity contribution in [1.29, 1.82) is 0 Å². The Bertz CT molecular complexity index is 1060. The zero-order valence-corrected chi connectivity index (χ0v) is 36.7. The van der Waals surface area contributed by atoms with E-state index in [1.807, 2.05) is 12.2 Å². The van der Waals surface area contributed by atoms with Crippen LogP contribution in [0.15, 0.2) is 48.6 Å². The molecule has 1 rings (SSSR count). The summed E-state index contributed by atoms with van der Waals surface area (Å²) >= 11 is 0. The van der Waals surface area contributed by atoms with Crippen LogP contribution < -0.4 is 5.32 Å². The Morgan fingerprint density at radius 3 is 1.60 bits per heavy atom. The van der Waals surface area contributed by atoms with Crippen LogP contribution >= 0.6 is 0 Å². The number of hydrogen-bond donors (Lipinski definition) is 7. The maximum atomic E-state index is 13.0. The summed E-state index contributed by atoms with van der Waals surface area (Å²) in [6.07, 6.45) is 37.7. The second-order valence-corrected chi connectivity index (χ2v) is 16.4. The minimum atomic E-state index is -1.62. The van der Waals surface area contributed by atoms with E-state index < -0.39 is 61.5 Å². The predicted molar refractivity (Wildman–Crippen MR) is 236 cm³/mol. The van der Waals surface area contributed by atoms with Crippen LogP contribution in [0.1, 0.15) is 187 Å². The third-order valence-corrected chi connectivity index (χ3v) is 11.0. The van der Waals surface area contributed by atoms with Gasteiger partial charge in [-0.15, -0.1) is 0 Å². The number of rotatable bonds is 38. The summed E-state index contributed by atoms with van der Waals surface area (Å²) in [6, 6.07) is -1.01. The van der Waals surface area contributed by atoms with Gasteiger partial charge in [-0.05, 0) is 57.8 Å². The Labute approximate surface area is 353 Å². The van der Waals surface area contributed by atoms with E-state index in [-0.39, 0.29) is 6.61 Å².